The second kappa shape index (κ2) is 6.79. The Morgan fingerprint density at radius 3 is 3.05 bits per heavy atom. The third kappa shape index (κ3) is 3.62. The van der Waals surface area contributed by atoms with Crippen LogP contribution in [0.2, 0.25) is 0 Å². The fourth-order valence-electron chi connectivity index (χ4n) is 1.67. The molecule has 0 saturated carbocycles. The molecule has 19 heavy (non-hydrogen) atoms. The third-order valence-corrected chi connectivity index (χ3v) is 3.09. The number of hydrogen-bond donors (Lipinski definition) is 1. The van der Waals surface area contributed by atoms with Gasteiger partial charge in [0.2, 0.25) is 0 Å². The highest BCUT2D eigenvalue weighted by atomic mass is 79.9. The van der Waals surface area contributed by atoms with Gasteiger partial charge in [-0.05, 0) is 18.2 Å². The SMILES string of the molecule is COCCNCc1ncoc1-c1ccc(Br)cc1F. The van der Waals surface area contributed by atoms with Crippen LogP contribution < -0.4 is 5.32 Å². The molecule has 1 N–H and O–H groups in total. The number of nitrogens with zero attached hydrogens (tertiary/aromatic N) is 1. The predicted molar refractivity (Wildman–Crippen MR) is 73.2 cm³/mol. The van der Waals surface area contributed by atoms with Crippen molar-refractivity contribution in [2.45, 2.75) is 6.54 Å². The Hall–Kier alpha value is -1.24. The quantitative estimate of drug-likeness (QED) is 0.828. The van der Waals surface area contributed by atoms with Crippen molar-refractivity contribution in [2.24, 2.45) is 0 Å². The highest BCUT2D eigenvalue weighted by molar-refractivity contribution is 9.10. The number of rotatable bonds is 6. The zero-order chi connectivity index (χ0) is 13.7. The Bertz CT molecular complexity index is 545. The predicted octanol–water partition coefficient (Wildman–Crippen LogP) is 2.98. The first-order valence-electron chi connectivity index (χ1n) is 5.80. The topological polar surface area (TPSA) is 47.3 Å². The summed E-state index contributed by atoms with van der Waals surface area (Å²) in [6.07, 6.45) is 1.32. The summed E-state index contributed by atoms with van der Waals surface area (Å²) < 4.78 is 24.8. The summed E-state index contributed by atoms with van der Waals surface area (Å²) >= 11 is 3.22. The van der Waals surface area contributed by atoms with Crippen molar-refractivity contribution in [3.8, 4) is 11.3 Å². The molecule has 2 aromatic rings. The van der Waals surface area contributed by atoms with E-state index in [0.29, 0.717) is 41.2 Å². The zero-order valence-corrected chi connectivity index (χ0v) is 12.0. The van der Waals surface area contributed by atoms with E-state index in [1.807, 2.05) is 0 Å². The van der Waals surface area contributed by atoms with Crippen LogP contribution >= 0.6 is 15.9 Å². The number of aromatic nitrogens is 1. The number of hydrogen-bond acceptors (Lipinski definition) is 4. The van der Waals surface area contributed by atoms with Crippen molar-refractivity contribution in [1.29, 1.82) is 0 Å². The minimum atomic E-state index is -0.343. The maximum atomic E-state index is 13.9. The first kappa shape index (κ1) is 14.2. The normalized spacial score (nSPS) is 10.9. The number of oxazole rings is 1. The van der Waals surface area contributed by atoms with Crippen LogP contribution in [0.5, 0.6) is 0 Å². The second-order valence-corrected chi connectivity index (χ2v) is 4.84. The highest BCUT2D eigenvalue weighted by Crippen LogP contribution is 2.27. The van der Waals surface area contributed by atoms with Crippen molar-refractivity contribution in [3.05, 3.63) is 40.6 Å². The Kier molecular flexibility index (Phi) is 5.07. The molecule has 0 fully saturated rings. The maximum absolute atomic E-state index is 13.9. The summed E-state index contributed by atoms with van der Waals surface area (Å²) in [6.45, 7) is 1.82. The molecule has 1 heterocycles. The van der Waals surface area contributed by atoms with E-state index in [1.54, 1.807) is 19.2 Å². The Morgan fingerprint density at radius 2 is 2.32 bits per heavy atom. The molecule has 0 atom stereocenters. The van der Waals surface area contributed by atoms with Gasteiger partial charge in [-0.3, -0.25) is 0 Å². The number of methoxy groups -OCH3 is 1. The van der Waals surface area contributed by atoms with Gasteiger partial charge in [-0.1, -0.05) is 15.9 Å². The van der Waals surface area contributed by atoms with Crippen LogP contribution in [0.4, 0.5) is 4.39 Å². The number of nitrogens with one attached hydrogen (secondary N) is 1. The third-order valence-electron chi connectivity index (χ3n) is 2.59. The van der Waals surface area contributed by atoms with Gasteiger partial charge in [0.25, 0.3) is 0 Å². The summed E-state index contributed by atoms with van der Waals surface area (Å²) in [6, 6.07) is 4.83. The first-order chi connectivity index (χ1) is 9.22. The van der Waals surface area contributed by atoms with E-state index in [0.717, 1.165) is 0 Å². The van der Waals surface area contributed by atoms with E-state index in [1.165, 1.54) is 12.5 Å². The van der Waals surface area contributed by atoms with Gasteiger partial charge >= 0.3 is 0 Å². The van der Waals surface area contributed by atoms with Crippen LogP contribution in [-0.4, -0.2) is 25.2 Å². The molecule has 2 rings (SSSR count). The van der Waals surface area contributed by atoms with Gasteiger partial charge in [0, 0.05) is 24.7 Å². The fraction of sp³-hybridized carbons (Fsp3) is 0.308. The molecule has 102 valence electrons. The average molecular weight is 329 g/mol. The van der Waals surface area contributed by atoms with Crippen molar-refractivity contribution in [1.82, 2.24) is 10.3 Å². The van der Waals surface area contributed by atoms with E-state index in [9.17, 15) is 4.39 Å². The molecule has 6 heteroatoms. The van der Waals surface area contributed by atoms with Crippen LogP contribution in [0.1, 0.15) is 5.69 Å². The summed E-state index contributed by atoms with van der Waals surface area (Å²) in [5, 5.41) is 3.15. The fourth-order valence-corrected chi connectivity index (χ4v) is 2.00. The second-order valence-electron chi connectivity index (χ2n) is 3.92. The Balaban J connectivity index is 2.14. The van der Waals surface area contributed by atoms with Gasteiger partial charge in [0.1, 0.15) is 11.5 Å². The van der Waals surface area contributed by atoms with E-state index in [2.05, 4.69) is 26.2 Å². The monoisotopic (exact) mass is 328 g/mol. The lowest BCUT2D eigenvalue weighted by Crippen LogP contribution is -2.19. The molecule has 4 nitrogen and oxygen atoms in total. The Labute approximate surface area is 119 Å². The summed E-state index contributed by atoms with van der Waals surface area (Å²) in [7, 11) is 1.64. The van der Waals surface area contributed by atoms with Crippen molar-refractivity contribution < 1.29 is 13.5 Å². The van der Waals surface area contributed by atoms with Crippen LogP contribution in [-0.2, 0) is 11.3 Å². The van der Waals surface area contributed by atoms with Crippen LogP contribution in [0, 0.1) is 5.82 Å². The number of benzene rings is 1. The lowest BCUT2D eigenvalue weighted by molar-refractivity contribution is 0.199. The molecule has 0 radical (unpaired) electrons. The standard InChI is InChI=1S/C13H14BrFN2O2/c1-18-5-4-16-7-12-13(19-8-17-12)10-3-2-9(14)6-11(10)15/h2-3,6,8,16H,4-5,7H2,1H3. The van der Waals surface area contributed by atoms with Crippen molar-refractivity contribution in [2.75, 3.05) is 20.3 Å². The molecule has 0 amide bonds. The summed E-state index contributed by atoms with van der Waals surface area (Å²) in [5.41, 5.74) is 1.08. The Morgan fingerprint density at radius 1 is 1.47 bits per heavy atom. The van der Waals surface area contributed by atoms with E-state index in [4.69, 9.17) is 9.15 Å². The molecule has 0 aliphatic carbocycles. The lowest BCUT2D eigenvalue weighted by Gasteiger charge is -2.05. The van der Waals surface area contributed by atoms with E-state index in [-0.39, 0.29) is 5.82 Å². The van der Waals surface area contributed by atoms with Crippen LogP contribution in [0.25, 0.3) is 11.3 Å². The molecule has 0 saturated heterocycles. The molecule has 0 spiro atoms. The minimum absolute atomic E-state index is 0.343. The largest absolute Gasteiger partial charge is 0.443 e. The van der Waals surface area contributed by atoms with Gasteiger partial charge in [-0.15, -0.1) is 0 Å². The number of ether oxygens (including phenoxy) is 1. The van der Waals surface area contributed by atoms with Gasteiger partial charge in [-0.2, -0.15) is 0 Å². The molecular formula is C13H14BrFN2O2. The van der Waals surface area contributed by atoms with Crippen LogP contribution in [0.3, 0.4) is 0 Å². The van der Waals surface area contributed by atoms with E-state index >= 15 is 0 Å². The van der Waals surface area contributed by atoms with Gasteiger partial charge < -0.3 is 14.5 Å². The summed E-state index contributed by atoms with van der Waals surface area (Å²) in [4.78, 5) is 4.11. The van der Waals surface area contributed by atoms with Gasteiger partial charge in [-0.25, -0.2) is 9.37 Å². The summed E-state index contributed by atoms with van der Waals surface area (Å²) in [5.74, 6) is 0.110. The lowest BCUT2D eigenvalue weighted by atomic mass is 10.1. The van der Waals surface area contributed by atoms with E-state index < -0.39 is 0 Å². The molecular weight excluding hydrogens is 315 g/mol. The highest BCUT2D eigenvalue weighted by Gasteiger charge is 2.14. The van der Waals surface area contributed by atoms with Gasteiger partial charge in [0.05, 0.1) is 12.2 Å². The minimum Gasteiger partial charge on any atom is -0.443 e. The molecule has 0 unspecified atom stereocenters. The molecule has 1 aromatic carbocycles. The van der Waals surface area contributed by atoms with Gasteiger partial charge in [0.15, 0.2) is 12.2 Å². The molecule has 0 aliphatic heterocycles. The molecule has 0 aliphatic rings. The average Bonchev–Trinajstić information content (AvgIpc) is 2.83. The molecule has 1 aromatic heterocycles. The smallest absolute Gasteiger partial charge is 0.181 e. The van der Waals surface area contributed by atoms with Crippen molar-refractivity contribution in [3.63, 3.8) is 0 Å². The molecule has 0 bridgehead atoms. The first-order valence-corrected chi connectivity index (χ1v) is 6.59. The van der Waals surface area contributed by atoms with Crippen molar-refractivity contribution >= 4 is 15.9 Å². The zero-order valence-electron chi connectivity index (χ0n) is 10.5. The number of halogens is 2. The van der Waals surface area contributed by atoms with Crippen LogP contribution in [0.15, 0.2) is 33.5 Å². The maximum Gasteiger partial charge on any atom is 0.181 e.